The van der Waals surface area contributed by atoms with Crippen molar-refractivity contribution >= 4 is 41.6 Å². The van der Waals surface area contributed by atoms with Gasteiger partial charge in [-0.3, -0.25) is 9.69 Å². The van der Waals surface area contributed by atoms with E-state index in [4.69, 9.17) is 33.0 Å². The lowest BCUT2D eigenvalue weighted by molar-refractivity contribution is -0.138. The highest BCUT2D eigenvalue weighted by atomic mass is 35.5. The van der Waals surface area contributed by atoms with E-state index in [0.29, 0.717) is 28.3 Å². The predicted octanol–water partition coefficient (Wildman–Crippen LogP) is 3.59. The van der Waals surface area contributed by atoms with Gasteiger partial charge in [0.25, 0.3) is 0 Å². The Hall–Kier alpha value is -0.680. The van der Waals surface area contributed by atoms with E-state index in [9.17, 15) is 4.79 Å². The third kappa shape index (κ3) is 6.30. The first-order valence-corrected chi connectivity index (χ1v) is 7.31. The van der Waals surface area contributed by atoms with Gasteiger partial charge in [0.2, 0.25) is 0 Å². The number of rotatable bonds is 5. The number of carboxylic acids is 1. The van der Waals surface area contributed by atoms with Crippen LogP contribution >= 0.6 is 35.6 Å². The van der Waals surface area contributed by atoms with E-state index >= 15 is 0 Å². The van der Waals surface area contributed by atoms with Crippen molar-refractivity contribution in [3.8, 4) is 5.75 Å². The molecule has 0 atom stereocenters. The molecule has 21 heavy (non-hydrogen) atoms. The first-order valence-electron chi connectivity index (χ1n) is 6.56. The molecular formula is C14H18Cl3NO3. The molecule has 1 aliphatic heterocycles. The maximum absolute atomic E-state index is 10.6. The number of hydrogen-bond acceptors (Lipinski definition) is 3. The number of nitrogens with zero attached hydrogens (tertiary/aromatic N) is 1. The molecule has 0 unspecified atom stereocenters. The molecule has 0 aliphatic carbocycles. The molecule has 0 aromatic heterocycles. The molecule has 7 heteroatoms. The van der Waals surface area contributed by atoms with Gasteiger partial charge in [0.1, 0.15) is 5.75 Å². The largest absolute Gasteiger partial charge is 0.493 e. The molecule has 1 aromatic carbocycles. The Labute approximate surface area is 140 Å². The molecule has 1 N–H and O–H groups in total. The first kappa shape index (κ1) is 18.4. The van der Waals surface area contributed by atoms with Gasteiger partial charge in [-0.05, 0) is 50.0 Å². The lowest BCUT2D eigenvalue weighted by Crippen LogP contribution is -2.38. The van der Waals surface area contributed by atoms with Crippen molar-refractivity contribution < 1.29 is 14.6 Å². The summed E-state index contributed by atoms with van der Waals surface area (Å²) in [6.07, 6.45) is 1.89. The van der Waals surface area contributed by atoms with Crippen LogP contribution in [0.1, 0.15) is 12.8 Å². The number of halogens is 3. The zero-order valence-electron chi connectivity index (χ0n) is 11.4. The Morgan fingerprint density at radius 1 is 1.24 bits per heavy atom. The summed E-state index contributed by atoms with van der Waals surface area (Å²) in [5.41, 5.74) is 0. The fraction of sp³-hybridized carbons (Fsp3) is 0.500. The van der Waals surface area contributed by atoms with Crippen molar-refractivity contribution in [3.05, 3.63) is 28.2 Å². The fourth-order valence-corrected chi connectivity index (χ4v) is 2.83. The van der Waals surface area contributed by atoms with E-state index in [1.165, 1.54) is 0 Å². The van der Waals surface area contributed by atoms with Gasteiger partial charge in [0.05, 0.1) is 13.2 Å². The second-order valence-electron chi connectivity index (χ2n) is 5.03. The van der Waals surface area contributed by atoms with Crippen LogP contribution < -0.4 is 4.74 Å². The number of hydrogen-bond donors (Lipinski definition) is 1. The smallest absolute Gasteiger partial charge is 0.317 e. The number of carbonyl (C=O) groups is 1. The molecule has 4 nitrogen and oxygen atoms in total. The number of ether oxygens (including phenoxy) is 1. The van der Waals surface area contributed by atoms with Gasteiger partial charge in [0, 0.05) is 10.0 Å². The van der Waals surface area contributed by atoms with E-state index < -0.39 is 5.97 Å². The topological polar surface area (TPSA) is 49.8 Å². The van der Waals surface area contributed by atoms with Gasteiger partial charge in [0.15, 0.2) is 0 Å². The Balaban J connectivity index is 0.00000220. The van der Waals surface area contributed by atoms with E-state index in [-0.39, 0.29) is 19.0 Å². The van der Waals surface area contributed by atoms with Crippen molar-refractivity contribution in [2.75, 3.05) is 26.2 Å². The summed E-state index contributed by atoms with van der Waals surface area (Å²) in [6, 6.07) is 5.15. The minimum absolute atomic E-state index is 0. The summed E-state index contributed by atoms with van der Waals surface area (Å²) < 4.78 is 5.72. The Morgan fingerprint density at radius 3 is 2.33 bits per heavy atom. The zero-order valence-corrected chi connectivity index (χ0v) is 13.8. The van der Waals surface area contributed by atoms with Crippen molar-refractivity contribution in [1.29, 1.82) is 0 Å². The van der Waals surface area contributed by atoms with Gasteiger partial charge in [-0.15, -0.1) is 12.4 Å². The fourth-order valence-electron chi connectivity index (χ4n) is 2.33. The lowest BCUT2D eigenvalue weighted by Gasteiger charge is -2.30. The van der Waals surface area contributed by atoms with Crippen LogP contribution in [0.4, 0.5) is 0 Å². The second-order valence-corrected chi connectivity index (χ2v) is 5.90. The summed E-state index contributed by atoms with van der Waals surface area (Å²) in [5.74, 6) is 0.349. The number of piperidine rings is 1. The van der Waals surface area contributed by atoms with Crippen LogP contribution in [0.2, 0.25) is 10.0 Å². The lowest BCUT2D eigenvalue weighted by atomic mass is 9.98. The van der Waals surface area contributed by atoms with Crippen LogP contribution in [-0.2, 0) is 4.79 Å². The summed E-state index contributed by atoms with van der Waals surface area (Å²) in [4.78, 5) is 12.6. The average Bonchev–Trinajstić information content (AvgIpc) is 2.36. The van der Waals surface area contributed by atoms with Crippen LogP contribution in [0.25, 0.3) is 0 Å². The molecule has 0 amide bonds. The average molecular weight is 355 g/mol. The maximum Gasteiger partial charge on any atom is 0.317 e. The quantitative estimate of drug-likeness (QED) is 0.878. The molecule has 1 fully saturated rings. The minimum Gasteiger partial charge on any atom is -0.493 e. The van der Waals surface area contributed by atoms with Crippen LogP contribution in [0.15, 0.2) is 18.2 Å². The normalized spacial score (nSPS) is 16.3. The van der Waals surface area contributed by atoms with Gasteiger partial charge in [-0.2, -0.15) is 0 Å². The molecule has 0 spiro atoms. The summed E-state index contributed by atoms with van der Waals surface area (Å²) in [5, 5.41) is 9.86. The first-order chi connectivity index (χ1) is 9.52. The molecular weight excluding hydrogens is 337 g/mol. The number of aliphatic carboxylic acids is 1. The molecule has 0 saturated carbocycles. The van der Waals surface area contributed by atoms with Crippen LogP contribution in [-0.4, -0.2) is 42.2 Å². The monoisotopic (exact) mass is 353 g/mol. The Morgan fingerprint density at radius 2 is 1.81 bits per heavy atom. The van der Waals surface area contributed by atoms with Gasteiger partial charge in [-0.25, -0.2) is 0 Å². The summed E-state index contributed by atoms with van der Waals surface area (Å²) in [7, 11) is 0. The Kier molecular flexibility index (Phi) is 7.60. The highest BCUT2D eigenvalue weighted by Gasteiger charge is 2.21. The highest BCUT2D eigenvalue weighted by Crippen LogP contribution is 2.25. The third-order valence-electron chi connectivity index (χ3n) is 3.39. The van der Waals surface area contributed by atoms with Crippen LogP contribution in [0, 0.1) is 5.92 Å². The number of carboxylic acid groups (broad SMARTS) is 1. The van der Waals surface area contributed by atoms with E-state index in [1.807, 2.05) is 4.90 Å². The predicted molar refractivity (Wildman–Crippen MR) is 86.0 cm³/mol. The number of benzene rings is 1. The maximum atomic E-state index is 10.6. The summed E-state index contributed by atoms with van der Waals surface area (Å²) >= 11 is 11.8. The van der Waals surface area contributed by atoms with E-state index in [0.717, 1.165) is 25.9 Å². The van der Waals surface area contributed by atoms with E-state index in [2.05, 4.69) is 0 Å². The molecule has 0 bridgehead atoms. The molecule has 1 aliphatic rings. The van der Waals surface area contributed by atoms with Gasteiger partial charge < -0.3 is 9.84 Å². The zero-order chi connectivity index (χ0) is 14.5. The van der Waals surface area contributed by atoms with Crippen molar-refractivity contribution in [2.24, 2.45) is 5.92 Å². The SMILES string of the molecule is Cl.O=C(O)CN1CCC(COc2cc(Cl)cc(Cl)c2)CC1. The van der Waals surface area contributed by atoms with Gasteiger partial charge in [-0.1, -0.05) is 23.2 Å². The highest BCUT2D eigenvalue weighted by molar-refractivity contribution is 6.34. The van der Waals surface area contributed by atoms with Crippen molar-refractivity contribution in [1.82, 2.24) is 4.90 Å². The molecule has 1 heterocycles. The van der Waals surface area contributed by atoms with Crippen molar-refractivity contribution in [2.45, 2.75) is 12.8 Å². The Bertz CT molecular complexity index is 456. The standard InChI is InChI=1S/C14H17Cl2NO3.ClH/c15-11-5-12(16)7-13(6-11)20-9-10-1-3-17(4-2-10)8-14(18)19;/h5-7,10H,1-4,8-9H2,(H,18,19);1H. The minimum atomic E-state index is -0.770. The molecule has 1 saturated heterocycles. The van der Waals surface area contributed by atoms with E-state index in [1.54, 1.807) is 18.2 Å². The van der Waals surface area contributed by atoms with Crippen molar-refractivity contribution in [3.63, 3.8) is 0 Å². The van der Waals surface area contributed by atoms with Crippen LogP contribution in [0.3, 0.4) is 0 Å². The molecule has 1 aromatic rings. The number of likely N-dealkylation sites (tertiary alicyclic amines) is 1. The molecule has 118 valence electrons. The summed E-state index contributed by atoms with van der Waals surface area (Å²) in [6.45, 7) is 2.34. The second kappa shape index (κ2) is 8.69. The molecule has 2 rings (SSSR count). The van der Waals surface area contributed by atoms with Crippen LogP contribution in [0.5, 0.6) is 5.75 Å². The van der Waals surface area contributed by atoms with Gasteiger partial charge >= 0.3 is 5.97 Å². The third-order valence-corrected chi connectivity index (χ3v) is 3.82. The molecule has 0 radical (unpaired) electrons.